The van der Waals surface area contributed by atoms with Gasteiger partial charge in [-0.2, -0.15) is 0 Å². The molecular formula is C12H15F2NO2. The zero-order chi connectivity index (χ0) is 12.8. The van der Waals surface area contributed by atoms with Crippen LogP contribution in [-0.2, 0) is 9.53 Å². The minimum absolute atomic E-state index is 0.212. The van der Waals surface area contributed by atoms with E-state index < -0.39 is 11.6 Å². The zero-order valence-corrected chi connectivity index (χ0v) is 9.80. The fourth-order valence-corrected chi connectivity index (χ4v) is 1.46. The smallest absolute Gasteiger partial charge is 0.306 e. The van der Waals surface area contributed by atoms with Crippen molar-refractivity contribution in [3.63, 3.8) is 0 Å². The number of carbonyl (C=O) groups excluding carboxylic acids is 1. The van der Waals surface area contributed by atoms with Gasteiger partial charge in [0.2, 0.25) is 0 Å². The molecule has 0 aliphatic carbocycles. The normalized spacial score (nSPS) is 12.2. The second-order valence-electron chi connectivity index (χ2n) is 3.67. The predicted octanol–water partition coefficient (Wildman–Crippen LogP) is 2.18. The van der Waals surface area contributed by atoms with Gasteiger partial charge in [0, 0.05) is 24.2 Å². The van der Waals surface area contributed by atoms with Crippen molar-refractivity contribution < 1.29 is 18.3 Å². The standard InChI is InChI=1S/C12H15F2NO2/c1-8(15-6-5-12(16)17-2)10-4-3-9(13)7-11(10)14/h3-4,7-8,15H,5-6H2,1-2H3. The number of methoxy groups -OCH3 is 1. The van der Waals surface area contributed by atoms with Crippen LogP contribution in [0.2, 0.25) is 0 Å². The van der Waals surface area contributed by atoms with Crippen LogP contribution in [0.1, 0.15) is 24.9 Å². The average molecular weight is 243 g/mol. The number of benzene rings is 1. The molecule has 1 rings (SSSR count). The second kappa shape index (κ2) is 6.30. The van der Waals surface area contributed by atoms with Crippen LogP contribution in [0.25, 0.3) is 0 Å². The van der Waals surface area contributed by atoms with E-state index in [0.29, 0.717) is 12.1 Å². The molecule has 1 aromatic carbocycles. The number of hydrogen-bond donors (Lipinski definition) is 1. The van der Waals surface area contributed by atoms with E-state index in [2.05, 4.69) is 10.1 Å². The quantitative estimate of drug-likeness (QED) is 0.805. The number of rotatable bonds is 5. The Morgan fingerprint density at radius 2 is 2.18 bits per heavy atom. The maximum absolute atomic E-state index is 13.4. The average Bonchev–Trinajstić information content (AvgIpc) is 2.28. The lowest BCUT2D eigenvalue weighted by Crippen LogP contribution is -2.23. The number of ether oxygens (including phenoxy) is 1. The molecule has 0 saturated heterocycles. The monoisotopic (exact) mass is 243 g/mol. The molecule has 0 amide bonds. The molecule has 0 spiro atoms. The van der Waals surface area contributed by atoms with Gasteiger partial charge >= 0.3 is 5.97 Å². The number of carbonyl (C=O) groups is 1. The van der Waals surface area contributed by atoms with E-state index in [1.54, 1.807) is 6.92 Å². The van der Waals surface area contributed by atoms with Gasteiger partial charge in [0.1, 0.15) is 11.6 Å². The van der Waals surface area contributed by atoms with Gasteiger partial charge in [-0.3, -0.25) is 4.79 Å². The van der Waals surface area contributed by atoms with Gasteiger partial charge in [0.25, 0.3) is 0 Å². The Balaban J connectivity index is 2.52. The van der Waals surface area contributed by atoms with Crippen LogP contribution in [0.4, 0.5) is 8.78 Å². The van der Waals surface area contributed by atoms with Crippen molar-refractivity contribution in [2.75, 3.05) is 13.7 Å². The first-order chi connectivity index (χ1) is 8.04. The molecule has 0 fully saturated rings. The van der Waals surface area contributed by atoms with Crippen LogP contribution < -0.4 is 5.32 Å². The first-order valence-electron chi connectivity index (χ1n) is 5.29. The fourth-order valence-electron chi connectivity index (χ4n) is 1.46. The Morgan fingerprint density at radius 3 is 2.76 bits per heavy atom. The van der Waals surface area contributed by atoms with Crippen LogP contribution in [0.15, 0.2) is 18.2 Å². The van der Waals surface area contributed by atoms with Crippen LogP contribution in [-0.4, -0.2) is 19.6 Å². The number of esters is 1. The minimum atomic E-state index is -0.604. The molecule has 94 valence electrons. The maximum atomic E-state index is 13.4. The van der Waals surface area contributed by atoms with Crippen molar-refractivity contribution >= 4 is 5.97 Å². The summed E-state index contributed by atoms with van der Waals surface area (Å²) in [7, 11) is 1.31. The Bertz CT molecular complexity index is 396. The Morgan fingerprint density at radius 1 is 1.47 bits per heavy atom. The third kappa shape index (κ3) is 4.11. The minimum Gasteiger partial charge on any atom is -0.469 e. The maximum Gasteiger partial charge on any atom is 0.306 e. The van der Waals surface area contributed by atoms with Gasteiger partial charge in [0.05, 0.1) is 13.5 Å². The summed E-state index contributed by atoms with van der Waals surface area (Å²) >= 11 is 0. The van der Waals surface area contributed by atoms with Crippen molar-refractivity contribution in [3.8, 4) is 0 Å². The van der Waals surface area contributed by atoms with Crippen molar-refractivity contribution in [3.05, 3.63) is 35.4 Å². The second-order valence-corrected chi connectivity index (χ2v) is 3.67. The highest BCUT2D eigenvalue weighted by Crippen LogP contribution is 2.17. The molecular weight excluding hydrogens is 228 g/mol. The summed E-state index contributed by atoms with van der Waals surface area (Å²) in [6.07, 6.45) is 0.212. The molecule has 17 heavy (non-hydrogen) atoms. The van der Waals surface area contributed by atoms with Gasteiger partial charge in [-0.15, -0.1) is 0 Å². The summed E-state index contributed by atoms with van der Waals surface area (Å²) < 4.78 is 30.5. The van der Waals surface area contributed by atoms with Crippen LogP contribution in [0, 0.1) is 11.6 Å². The third-order valence-electron chi connectivity index (χ3n) is 2.44. The van der Waals surface area contributed by atoms with E-state index in [0.717, 1.165) is 6.07 Å². The van der Waals surface area contributed by atoms with Crippen LogP contribution in [0.3, 0.4) is 0 Å². The SMILES string of the molecule is COC(=O)CCNC(C)c1ccc(F)cc1F. The summed E-state index contributed by atoms with van der Waals surface area (Å²) in [6.45, 7) is 2.12. The summed E-state index contributed by atoms with van der Waals surface area (Å²) in [4.78, 5) is 10.9. The first kappa shape index (κ1) is 13.6. The summed E-state index contributed by atoms with van der Waals surface area (Å²) in [5.74, 6) is -1.53. The lowest BCUT2D eigenvalue weighted by molar-refractivity contribution is -0.140. The zero-order valence-electron chi connectivity index (χ0n) is 9.80. The molecule has 1 unspecified atom stereocenters. The number of nitrogens with one attached hydrogen (secondary N) is 1. The summed E-state index contributed by atoms with van der Waals surface area (Å²) in [5, 5.41) is 2.96. The van der Waals surface area contributed by atoms with E-state index in [9.17, 15) is 13.6 Å². The highest BCUT2D eigenvalue weighted by atomic mass is 19.1. The number of hydrogen-bond acceptors (Lipinski definition) is 3. The molecule has 0 radical (unpaired) electrons. The lowest BCUT2D eigenvalue weighted by atomic mass is 10.1. The van der Waals surface area contributed by atoms with E-state index >= 15 is 0 Å². The Kier molecular flexibility index (Phi) is 5.03. The molecule has 0 saturated carbocycles. The molecule has 3 nitrogen and oxygen atoms in total. The molecule has 1 aromatic rings. The molecule has 5 heteroatoms. The predicted molar refractivity (Wildman–Crippen MR) is 59.4 cm³/mol. The van der Waals surface area contributed by atoms with Crippen LogP contribution >= 0.6 is 0 Å². The molecule has 0 bridgehead atoms. The topological polar surface area (TPSA) is 38.3 Å². The molecule has 1 N–H and O–H groups in total. The fraction of sp³-hybridized carbons (Fsp3) is 0.417. The van der Waals surface area contributed by atoms with Crippen molar-refractivity contribution in [1.29, 1.82) is 0 Å². The Labute approximate surface area is 98.8 Å². The molecule has 0 aliphatic heterocycles. The van der Waals surface area contributed by atoms with E-state index in [4.69, 9.17) is 0 Å². The van der Waals surface area contributed by atoms with Gasteiger partial charge in [-0.05, 0) is 13.0 Å². The highest BCUT2D eigenvalue weighted by Gasteiger charge is 2.11. The van der Waals surface area contributed by atoms with Crippen LogP contribution in [0.5, 0.6) is 0 Å². The molecule has 1 atom stereocenters. The Hall–Kier alpha value is -1.49. The van der Waals surface area contributed by atoms with E-state index in [1.165, 1.54) is 19.2 Å². The highest BCUT2D eigenvalue weighted by molar-refractivity contribution is 5.69. The van der Waals surface area contributed by atoms with Crippen molar-refractivity contribution in [1.82, 2.24) is 5.32 Å². The first-order valence-corrected chi connectivity index (χ1v) is 5.29. The lowest BCUT2D eigenvalue weighted by Gasteiger charge is -2.14. The largest absolute Gasteiger partial charge is 0.469 e. The molecule has 0 heterocycles. The van der Waals surface area contributed by atoms with Crippen molar-refractivity contribution in [2.45, 2.75) is 19.4 Å². The molecule has 0 aromatic heterocycles. The van der Waals surface area contributed by atoms with Gasteiger partial charge in [-0.25, -0.2) is 8.78 Å². The molecule has 0 aliphatic rings. The van der Waals surface area contributed by atoms with Gasteiger partial charge in [-0.1, -0.05) is 6.07 Å². The van der Waals surface area contributed by atoms with Gasteiger partial charge < -0.3 is 10.1 Å². The summed E-state index contributed by atoms with van der Waals surface area (Å²) in [6, 6.07) is 3.14. The van der Waals surface area contributed by atoms with E-state index in [1.807, 2.05) is 0 Å². The van der Waals surface area contributed by atoms with Crippen molar-refractivity contribution in [2.24, 2.45) is 0 Å². The third-order valence-corrected chi connectivity index (χ3v) is 2.44. The number of halogens is 2. The summed E-state index contributed by atoms with van der Waals surface area (Å²) in [5.41, 5.74) is 0.372. The van der Waals surface area contributed by atoms with E-state index in [-0.39, 0.29) is 18.4 Å². The van der Waals surface area contributed by atoms with Gasteiger partial charge in [0.15, 0.2) is 0 Å².